The third-order valence-corrected chi connectivity index (χ3v) is 8.00. The summed E-state index contributed by atoms with van der Waals surface area (Å²) < 4.78 is 5.49. The number of anilines is 2. The Hall–Kier alpha value is -4.43. The Labute approximate surface area is 247 Å². The van der Waals surface area contributed by atoms with Gasteiger partial charge in [0.2, 0.25) is 5.91 Å². The summed E-state index contributed by atoms with van der Waals surface area (Å²) in [6.07, 6.45) is 3.50. The summed E-state index contributed by atoms with van der Waals surface area (Å²) in [7, 11) is 1.59. The average Bonchev–Trinajstić information content (AvgIpc) is 2.97. The van der Waals surface area contributed by atoms with Crippen LogP contribution in [-0.4, -0.2) is 42.0 Å². The average molecular weight is 566 g/mol. The third kappa shape index (κ3) is 6.55. The van der Waals surface area contributed by atoms with Crippen LogP contribution >= 0.6 is 0 Å². The fraction of sp³-hybridized carbons (Fsp3) is 0.324. The Morgan fingerprint density at radius 3 is 2.31 bits per heavy atom. The molecule has 0 aliphatic carbocycles. The number of urea groups is 1. The van der Waals surface area contributed by atoms with Crippen LogP contribution in [0.4, 0.5) is 16.2 Å². The van der Waals surface area contributed by atoms with Gasteiger partial charge in [0, 0.05) is 29.6 Å². The molecule has 1 saturated heterocycles. The van der Waals surface area contributed by atoms with Crippen molar-refractivity contribution < 1.29 is 14.3 Å². The van der Waals surface area contributed by atoms with Gasteiger partial charge in [0.05, 0.1) is 24.2 Å². The second-order valence-corrected chi connectivity index (χ2v) is 11.9. The van der Waals surface area contributed by atoms with Crippen molar-refractivity contribution in [2.45, 2.75) is 45.6 Å². The number of nitrogens with two attached hydrogens (primary N) is 1. The molecule has 0 saturated carbocycles. The lowest BCUT2D eigenvalue weighted by Gasteiger charge is -2.30. The number of pyridine rings is 1. The van der Waals surface area contributed by atoms with E-state index < -0.39 is 0 Å². The fourth-order valence-electron chi connectivity index (χ4n) is 5.49. The molecule has 2 heterocycles. The molecule has 0 radical (unpaired) electrons. The van der Waals surface area contributed by atoms with E-state index in [9.17, 15) is 9.59 Å². The zero-order valence-electron chi connectivity index (χ0n) is 24.7. The lowest BCUT2D eigenvalue weighted by Crippen LogP contribution is -2.38. The highest BCUT2D eigenvalue weighted by Gasteiger charge is 2.23. The first kappa shape index (κ1) is 29.1. The Bertz CT molecular complexity index is 1590. The standard InChI is InChI=1S/C34H39N5O3/c1-34(2,3)24-10-14-31(42-4)30(19-24)38-33(41)37-29-13-12-26(27-7-5-6-8-28(27)29)23-9-11-25(36-20-23)21-39-17-15-22(16-18-39)32(35)40/h5-14,19-20,22H,15-18,21H2,1-4H3,(H2,35,40)(H2,37,38,41). The summed E-state index contributed by atoms with van der Waals surface area (Å²) in [4.78, 5) is 31.7. The van der Waals surface area contributed by atoms with Gasteiger partial charge in [0.1, 0.15) is 5.75 Å². The van der Waals surface area contributed by atoms with Crippen molar-refractivity contribution in [3.8, 4) is 16.9 Å². The van der Waals surface area contributed by atoms with Gasteiger partial charge in [0.15, 0.2) is 0 Å². The normalized spacial score (nSPS) is 14.5. The molecule has 1 aliphatic heterocycles. The number of fused-ring (bicyclic) bond motifs is 1. The minimum atomic E-state index is -0.344. The number of carbonyl (C=O) groups is 2. The van der Waals surface area contributed by atoms with Crippen LogP contribution in [0.15, 0.2) is 72.9 Å². The van der Waals surface area contributed by atoms with Crippen molar-refractivity contribution in [1.82, 2.24) is 9.88 Å². The number of amides is 3. The summed E-state index contributed by atoms with van der Waals surface area (Å²) in [5.41, 5.74) is 10.9. The molecular formula is C34H39N5O3. The second-order valence-electron chi connectivity index (χ2n) is 11.9. The van der Waals surface area contributed by atoms with Crippen LogP contribution in [0.5, 0.6) is 5.75 Å². The maximum atomic E-state index is 13.1. The molecule has 8 nitrogen and oxygen atoms in total. The highest BCUT2D eigenvalue weighted by Crippen LogP contribution is 2.34. The Morgan fingerprint density at radius 2 is 1.67 bits per heavy atom. The fourth-order valence-corrected chi connectivity index (χ4v) is 5.49. The molecule has 3 amide bonds. The van der Waals surface area contributed by atoms with Crippen molar-refractivity contribution >= 4 is 34.1 Å². The van der Waals surface area contributed by atoms with E-state index in [1.165, 1.54) is 0 Å². The molecule has 3 aromatic carbocycles. The van der Waals surface area contributed by atoms with Gasteiger partial charge in [-0.25, -0.2) is 4.79 Å². The predicted molar refractivity (Wildman–Crippen MR) is 169 cm³/mol. The summed E-state index contributed by atoms with van der Waals surface area (Å²) in [5, 5.41) is 7.95. The minimum Gasteiger partial charge on any atom is -0.495 e. The van der Waals surface area contributed by atoms with E-state index in [2.05, 4.69) is 54.5 Å². The van der Waals surface area contributed by atoms with Crippen molar-refractivity contribution in [1.29, 1.82) is 0 Å². The van der Waals surface area contributed by atoms with Crippen LogP contribution in [0.2, 0.25) is 0 Å². The molecule has 0 spiro atoms. The number of hydrogen-bond donors (Lipinski definition) is 3. The lowest BCUT2D eigenvalue weighted by molar-refractivity contribution is -0.123. The first-order valence-corrected chi connectivity index (χ1v) is 14.4. The van der Waals surface area contributed by atoms with Crippen molar-refractivity contribution in [2.75, 3.05) is 30.8 Å². The number of piperidine rings is 1. The SMILES string of the molecule is COc1ccc(C(C)(C)C)cc1NC(=O)Nc1ccc(-c2ccc(CN3CCC(C(N)=O)CC3)nc2)c2ccccc12. The Morgan fingerprint density at radius 1 is 0.952 bits per heavy atom. The number of rotatable bonds is 7. The number of primary amides is 1. The number of nitrogens with one attached hydrogen (secondary N) is 2. The van der Waals surface area contributed by atoms with Gasteiger partial charge in [-0.2, -0.15) is 0 Å². The van der Waals surface area contributed by atoms with Crippen LogP contribution in [0.1, 0.15) is 44.9 Å². The van der Waals surface area contributed by atoms with E-state index in [4.69, 9.17) is 15.5 Å². The smallest absolute Gasteiger partial charge is 0.323 e. The molecule has 42 heavy (non-hydrogen) atoms. The lowest BCUT2D eigenvalue weighted by atomic mass is 9.87. The van der Waals surface area contributed by atoms with Crippen LogP contribution in [-0.2, 0) is 16.8 Å². The quantitative estimate of drug-likeness (QED) is 0.235. The largest absolute Gasteiger partial charge is 0.495 e. The van der Waals surface area contributed by atoms with Gasteiger partial charge < -0.3 is 21.1 Å². The third-order valence-electron chi connectivity index (χ3n) is 8.00. The first-order chi connectivity index (χ1) is 20.1. The zero-order chi connectivity index (χ0) is 29.9. The van der Waals surface area contributed by atoms with Crippen molar-refractivity contribution in [2.24, 2.45) is 11.7 Å². The van der Waals surface area contributed by atoms with E-state index in [1.54, 1.807) is 7.11 Å². The highest BCUT2D eigenvalue weighted by molar-refractivity contribution is 6.10. The molecule has 1 fully saturated rings. The van der Waals surface area contributed by atoms with E-state index in [0.717, 1.165) is 65.6 Å². The van der Waals surface area contributed by atoms with Gasteiger partial charge in [-0.15, -0.1) is 0 Å². The van der Waals surface area contributed by atoms with Crippen LogP contribution < -0.4 is 21.1 Å². The molecule has 218 valence electrons. The van der Waals surface area contributed by atoms with E-state index in [0.29, 0.717) is 17.1 Å². The van der Waals surface area contributed by atoms with Crippen molar-refractivity contribution in [3.05, 3.63) is 84.2 Å². The summed E-state index contributed by atoms with van der Waals surface area (Å²) in [5.74, 6) is 0.387. The Balaban J connectivity index is 1.32. The molecular weight excluding hydrogens is 526 g/mol. The number of aromatic nitrogens is 1. The number of likely N-dealkylation sites (tertiary alicyclic amines) is 1. The molecule has 5 rings (SSSR count). The van der Waals surface area contributed by atoms with E-state index in [1.807, 2.05) is 54.7 Å². The maximum Gasteiger partial charge on any atom is 0.323 e. The van der Waals surface area contributed by atoms with E-state index in [-0.39, 0.29) is 23.3 Å². The van der Waals surface area contributed by atoms with Gasteiger partial charge in [-0.3, -0.25) is 14.7 Å². The number of benzene rings is 3. The molecule has 4 N–H and O–H groups in total. The number of hydrogen-bond acceptors (Lipinski definition) is 5. The van der Waals surface area contributed by atoms with Crippen LogP contribution in [0.3, 0.4) is 0 Å². The van der Waals surface area contributed by atoms with Crippen LogP contribution in [0, 0.1) is 5.92 Å². The topological polar surface area (TPSA) is 110 Å². The van der Waals surface area contributed by atoms with Gasteiger partial charge in [0.25, 0.3) is 0 Å². The van der Waals surface area contributed by atoms with E-state index >= 15 is 0 Å². The number of nitrogens with zero attached hydrogens (tertiary/aromatic N) is 2. The number of carbonyl (C=O) groups excluding carboxylic acids is 2. The first-order valence-electron chi connectivity index (χ1n) is 14.4. The second kappa shape index (κ2) is 12.2. The van der Waals surface area contributed by atoms with Gasteiger partial charge in [-0.05, 0) is 72.1 Å². The maximum absolute atomic E-state index is 13.1. The number of methoxy groups -OCH3 is 1. The minimum absolute atomic E-state index is 0.0177. The molecule has 8 heteroatoms. The molecule has 0 unspecified atom stereocenters. The predicted octanol–water partition coefficient (Wildman–Crippen LogP) is 6.55. The Kier molecular flexibility index (Phi) is 8.45. The monoisotopic (exact) mass is 565 g/mol. The zero-order valence-corrected chi connectivity index (χ0v) is 24.7. The molecule has 0 bridgehead atoms. The summed E-state index contributed by atoms with van der Waals surface area (Å²) in [6, 6.07) is 21.6. The number of ether oxygens (including phenoxy) is 1. The molecule has 4 aromatic rings. The molecule has 1 aliphatic rings. The molecule has 0 atom stereocenters. The van der Waals surface area contributed by atoms with Crippen LogP contribution in [0.25, 0.3) is 21.9 Å². The summed E-state index contributed by atoms with van der Waals surface area (Å²) >= 11 is 0. The van der Waals surface area contributed by atoms with Gasteiger partial charge >= 0.3 is 6.03 Å². The van der Waals surface area contributed by atoms with Gasteiger partial charge in [-0.1, -0.05) is 63.2 Å². The highest BCUT2D eigenvalue weighted by atomic mass is 16.5. The molecule has 1 aromatic heterocycles. The summed E-state index contributed by atoms with van der Waals surface area (Å²) in [6.45, 7) is 8.83. The van der Waals surface area contributed by atoms with Crippen molar-refractivity contribution in [3.63, 3.8) is 0 Å².